The summed E-state index contributed by atoms with van der Waals surface area (Å²) in [5.74, 6) is 0.884. The van der Waals surface area contributed by atoms with Gasteiger partial charge < -0.3 is 14.2 Å². The van der Waals surface area contributed by atoms with E-state index in [1.54, 1.807) is 7.11 Å². The molecule has 0 aliphatic heterocycles. The Labute approximate surface area is 166 Å². The third-order valence-electron chi connectivity index (χ3n) is 5.20. The molecule has 0 N–H and O–H groups in total. The van der Waals surface area contributed by atoms with Gasteiger partial charge in [-0.15, -0.1) is 0 Å². The van der Waals surface area contributed by atoms with E-state index in [9.17, 15) is 4.79 Å². The van der Waals surface area contributed by atoms with Crippen molar-refractivity contribution in [2.24, 2.45) is 0 Å². The Kier molecular flexibility index (Phi) is 6.15. The van der Waals surface area contributed by atoms with Gasteiger partial charge >= 0.3 is 0 Å². The molecule has 1 aromatic heterocycles. The number of nitrogens with zero attached hydrogens (tertiary/aromatic N) is 3. The minimum absolute atomic E-state index is 0.0415. The van der Waals surface area contributed by atoms with Crippen molar-refractivity contribution in [1.82, 2.24) is 9.55 Å². The Balaban J connectivity index is 2.04. The van der Waals surface area contributed by atoms with Crippen LogP contribution in [0.5, 0.6) is 0 Å². The summed E-state index contributed by atoms with van der Waals surface area (Å²) in [6.45, 7) is 8.89. The number of imidazole rings is 1. The summed E-state index contributed by atoms with van der Waals surface area (Å²) >= 11 is 0. The zero-order valence-electron chi connectivity index (χ0n) is 17.4. The molecular weight excluding hydrogens is 350 g/mol. The lowest BCUT2D eigenvalue weighted by atomic mass is 10.0. The molecule has 2 aromatic carbocycles. The Hall–Kier alpha value is -2.66. The maximum Gasteiger partial charge on any atom is 0.247 e. The molecule has 5 nitrogen and oxygen atoms in total. The van der Waals surface area contributed by atoms with Gasteiger partial charge in [-0.2, -0.15) is 0 Å². The number of fused-ring (bicyclic) bond motifs is 1. The van der Waals surface area contributed by atoms with Crippen molar-refractivity contribution in [2.75, 3.05) is 18.6 Å². The standard InChI is InChI=1S/C23H29N3O2/c1-6-19-11-9-10-16(2)23(19)26(17(3)15-28-5)22(27)14-25-18(4)24-20-12-7-8-13-21(20)25/h7-13,17H,6,14-15H2,1-5H3/t17-/m1/s1. The number of carbonyl (C=O) groups is 1. The number of anilines is 1. The predicted octanol–water partition coefficient (Wildman–Crippen LogP) is 4.28. The van der Waals surface area contributed by atoms with Crippen LogP contribution in [0.4, 0.5) is 5.69 Å². The topological polar surface area (TPSA) is 47.4 Å². The maximum atomic E-state index is 13.6. The molecule has 0 fully saturated rings. The monoisotopic (exact) mass is 379 g/mol. The lowest BCUT2D eigenvalue weighted by Gasteiger charge is -2.32. The van der Waals surface area contributed by atoms with Crippen molar-refractivity contribution in [3.63, 3.8) is 0 Å². The number of para-hydroxylation sites is 3. The van der Waals surface area contributed by atoms with Gasteiger partial charge in [0.15, 0.2) is 0 Å². The summed E-state index contributed by atoms with van der Waals surface area (Å²) in [6.07, 6.45) is 0.869. The number of aryl methyl sites for hydroxylation is 3. The van der Waals surface area contributed by atoms with Crippen molar-refractivity contribution in [1.29, 1.82) is 0 Å². The first-order valence-corrected chi connectivity index (χ1v) is 9.79. The van der Waals surface area contributed by atoms with Gasteiger partial charge in [0.05, 0.1) is 29.4 Å². The van der Waals surface area contributed by atoms with Crippen LogP contribution in [0.3, 0.4) is 0 Å². The van der Waals surface area contributed by atoms with E-state index >= 15 is 0 Å². The normalized spacial score (nSPS) is 12.3. The first-order chi connectivity index (χ1) is 13.5. The van der Waals surface area contributed by atoms with Crippen molar-refractivity contribution in [2.45, 2.75) is 46.7 Å². The van der Waals surface area contributed by atoms with Gasteiger partial charge in [0, 0.05) is 7.11 Å². The van der Waals surface area contributed by atoms with E-state index in [1.807, 2.05) is 47.6 Å². The van der Waals surface area contributed by atoms with Gasteiger partial charge in [0.25, 0.3) is 0 Å². The molecule has 0 unspecified atom stereocenters. The zero-order chi connectivity index (χ0) is 20.3. The van der Waals surface area contributed by atoms with Crippen LogP contribution >= 0.6 is 0 Å². The average Bonchev–Trinajstić information content (AvgIpc) is 2.99. The van der Waals surface area contributed by atoms with Crippen LogP contribution in [0.2, 0.25) is 0 Å². The van der Waals surface area contributed by atoms with Gasteiger partial charge in [-0.25, -0.2) is 4.98 Å². The maximum absolute atomic E-state index is 13.6. The second-order valence-electron chi connectivity index (χ2n) is 7.24. The fraction of sp³-hybridized carbons (Fsp3) is 0.391. The number of carbonyl (C=O) groups excluding carboxylic acids is 1. The van der Waals surface area contributed by atoms with Crippen LogP contribution in [0.15, 0.2) is 42.5 Å². The van der Waals surface area contributed by atoms with Crippen LogP contribution in [0.1, 0.15) is 30.8 Å². The Bertz CT molecular complexity index is 977. The number of ether oxygens (including phenoxy) is 1. The highest BCUT2D eigenvalue weighted by molar-refractivity contribution is 5.96. The largest absolute Gasteiger partial charge is 0.383 e. The molecule has 3 aromatic rings. The molecule has 0 bridgehead atoms. The molecule has 5 heteroatoms. The zero-order valence-corrected chi connectivity index (χ0v) is 17.4. The third-order valence-corrected chi connectivity index (χ3v) is 5.20. The smallest absolute Gasteiger partial charge is 0.247 e. The molecule has 1 heterocycles. The van der Waals surface area contributed by atoms with Gasteiger partial charge in [-0.1, -0.05) is 37.3 Å². The van der Waals surface area contributed by atoms with Gasteiger partial charge in [-0.3, -0.25) is 4.79 Å². The molecule has 148 valence electrons. The number of aromatic nitrogens is 2. The molecule has 0 aliphatic rings. The van der Waals surface area contributed by atoms with Crippen LogP contribution in [0, 0.1) is 13.8 Å². The molecule has 1 amide bonds. The van der Waals surface area contributed by atoms with Crippen molar-refractivity contribution >= 4 is 22.6 Å². The molecule has 0 saturated heterocycles. The first-order valence-electron chi connectivity index (χ1n) is 9.79. The molecule has 0 radical (unpaired) electrons. The SMILES string of the molecule is CCc1cccc(C)c1N(C(=O)Cn1c(C)nc2ccccc21)[C@H](C)COC. The lowest BCUT2D eigenvalue weighted by molar-refractivity contribution is -0.119. The highest BCUT2D eigenvalue weighted by Crippen LogP contribution is 2.29. The van der Waals surface area contributed by atoms with Crippen molar-refractivity contribution in [3.8, 4) is 0 Å². The highest BCUT2D eigenvalue weighted by atomic mass is 16.5. The number of rotatable bonds is 7. The van der Waals surface area contributed by atoms with E-state index in [2.05, 4.69) is 37.0 Å². The number of hydrogen-bond donors (Lipinski definition) is 0. The fourth-order valence-corrected chi connectivity index (χ4v) is 3.86. The van der Waals surface area contributed by atoms with Crippen LogP contribution < -0.4 is 4.90 Å². The number of benzene rings is 2. The molecular formula is C23H29N3O2. The van der Waals surface area contributed by atoms with Gasteiger partial charge in [0.1, 0.15) is 12.4 Å². The predicted molar refractivity (Wildman–Crippen MR) is 114 cm³/mol. The first kappa shape index (κ1) is 20.1. The molecule has 28 heavy (non-hydrogen) atoms. The number of methoxy groups -OCH3 is 1. The summed E-state index contributed by atoms with van der Waals surface area (Å²) in [6, 6.07) is 14.1. The molecule has 0 saturated carbocycles. The van der Waals surface area contributed by atoms with Crippen molar-refractivity contribution in [3.05, 3.63) is 59.4 Å². The number of hydrogen-bond acceptors (Lipinski definition) is 3. The summed E-state index contributed by atoms with van der Waals surface area (Å²) in [5, 5.41) is 0. The van der Waals surface area contributed by atoms with Crippen LogP contribution in [0.25, 0.3) is 11.0 Å². The summed E-state index contributed by atoms with van der Waals surface area (Å²) < 4.78 is 7.38. The molecule has 1 atom stereocenters. The van der Waals surface area contributed by atoms with Crippen LogP contribution in [-0.2, 0) is 22.5 Å². The quantitative estimate of drug-likeness (QED) is 0.615. The van der Waals surface area contributed by atoms with Gasteiger partial charge in [-0.05, 0) is 50.5 Å². The highest BCUT2D eigenvalue weighted by Gasteiger charge is 2.26. The second kappa shape index (κ2) is 8.57. The van der Waals surface area contributed by atoms with Crippen LogP contribution in [-0.4, -0.2) is 35.2 Å². The average molecular weight is 380 g/mol. The lowest BCUT2D eigenvalue weighted by Crippen LogP contribution is -2.44. The Morgan fingerprint density at radius 2 is 1.93 bits per heavy atom. The van der Waals surface area contributed by atoms with E-state index < -0.39 is 0 Å². The minimum atomic E-state index is -0.0704. The van der Waals surface area contributed by atoms with E-state index in [0.717, 1.165) is 34.5 Å². The Morgan fingerprint density at radius 1 is 1.18 bits per heavy atom. The summed E-state index contributed by atoms with van der Waals surface area (Å²) in [4.78, 5) is 20.1. The molecule has 3 rings (SSSR count). The second-order valence-corrected chi connectivity index (χ2v) is 7.24. The van der Waals surface area contributed by atoms with E-state index in [0.29, 0.717) is 6.61 Å². The Morgan fingerprint density at radius 3 is 2.64 bits per heavy atom. The molecule has 0 spiro atoms. The minimum Gasteiger partial charge on any atom is -0.383 e. The van der Waals surface area contributed by atoms with E-state index in [-0.39, 0.29) is 18.5 Å². The summed E-state index contributed by atoms with van der Waals surface area (Å²) in [5.41, 5.74) is 5.16. The molecule has 0 aliphatic carbocycles. The van der Waals surface area contributed by atoms with E-state index in [4.69, 9.17) is 4.74 Å². The van der Waals surface area contributed by atoms with E-state index in [1.165, 1.54) is 5.56 Å². The fourth-order valence-electron chi connectivity index (χ4n) is 3.86. The summed E-state index contributed by atoms with van der Waals surface area (Å²) in [7, 11) is 1.67. The number of amides is 1. The van der Waals surface area contributed by atoms with Gasteiger partial charge in [0.2, 0.25) is 5.91 Å². The van der Waals surface area contributed by atoms with Crippen molar-refractivity contribution < 1.29 is 9.53 Å². The third kappa shape index (κ3) is 3.80.